The summed E-state index contributed by atoms with van der Waals surface area (Å²) >= 11 is 5.85. The number of hydrogen-bond donors (Lipinski definition) is 3. The summed E-state index contributed by atoms with van der Waals surface area (Å²) in [5, 5.41) is 0.301. The van der Waals surface area contributed by atoms with E-state index in [1.54, 1.807) is 23.8 Å². The zero-order valence-electron chi connectivity index (χ0n) is 13.8. The highest BCUT2D eigenvalue weighted by Crippen LogP contribution is 2.15. The Morgan fingerprint density at radius 3 is 2.44 bits per heavy atom. The number of sulfonamides is 1. The molecule has 11 heteroatoms. The van der Waals surface area contributed by atoms with Crippen molar-refractivity contribution in [3.05, 3.63) is 73.8 Å². The van der Waals surface area contributed by atoms with E-state index in [0.29, 0.717) is 9.70 Å². The van der Waals surface area contributed by atoms with Crippen LogP contribution in [0.25, 0.3) is 11.0 Å². The molecular weight excluding hydrogens is 396 g/mol. The number of hydrogen-bond acceptors (Lipinski definition) is 5. The summed E-state index contributed by atoms with van der Waals surface area (Å²) < 4.78 is 26.9. The number of aromatic nitrogens is 2. The lowest BCUT2D eigenvalue weighted by atomic mass is 10.2. The van der Waals surface area contributed by atoms with E-state index in [1.165, 1.54) is 30.3 Å². The van der Waals surface area contributed by atoms with E-state index in [1.807, 2.05) is 0 Å². The first kappa shape index (κ1) is 18.7. The Hall–Kier alpha value is -3.11. The second-order valence-corrected chi connectivity index (χ2v) is 7.73. The van der Waals surface area contributed by atoms with Crippen LogP contribution in [-0.2, 0) is 10.0 Å². The molecule has 9 nitrogen and oxygen atoms in total. The van der Waals surface area contributed by atoms with Gasteiger partial charge in [-0.15, -0.1) is 0 Å². The van der Waals surface area contributed by atoms with Gasteiger partial charge in [-0.05, 0) is 37.3 Å². The van der Waals surface area contributed by atoms with Crippen molar-refractivity contribution in [2.75, 3.05) is 5.43 Å². The van der Waals surface area contributed by atoms with Crippen molar-refractivity contribution in [2.45, 2.75) is 11.8 Å². The Balaban J connectivity index is 1.94. The minimum absolute atomic E-state index is 0.127. The quantitative estimate of drug-likeness (QED) is 0.562. The number of aromatic amines is 1. The molecule has 0 unspecified atom stereocenters. The molecule has 27 heavy (non-hydrogen) atoms. The number of benzene rings is 2. The predicted octanol–water partition coefficient (Wildman–Crippen LogP) is 1.29. The fraction of sp³-hybridized carbons (Fsp3) is 0.0625. The summed E-state index contributed by atoms with van der Waals surface area (Å²) in [6, 6.07) is 8.83. The molecule has 2 amide bonds. The molecule has 0 atom stereocenters. The molecule has 0 aliphatic heterocycles. The third kappa shape index (κ3) is 3.86. The van der Waals surface area contributed by atoms with Crippen LogP contribution in [0.4, 0.5) is 4.79 Å². The van der Waals surface area contributed by atoms with Gasteiger partial charge in [0, 0.05) is 5.02 Å². The van der Waals surface area contributed by atoms with Crippen LogP contribution < -0.4 is 21.3 Å². The zero-order valence-corrected chi connectivity index (χ0v) is 15.4. The number of H-pyrrole nitrogens is 1. The Kier molecular flexibility index (Phi) is 4.77. The van der Waals surface area contributed by atoms with Gasteiger partial charge in [-0.25, -0.2) is 28.0 Å². The molecule has 0 aliphatic rings. The van der Waals surface area contributed by atoms with E-state index >= 15 is 0 Å². The highest BCUT2D eigenvalue weighted by Gasteiger charge is 2.19. The molecule has 0 aliphatic carbocycles. The summed E-state index contributed by atoms with van der Waals surface area (Å²) in [6.07, 6.45) is 0. The van der Waals surface area contributed by atoms with Crippen LogP contribution in [0.1, 0.15) is 5.56 Å². The zero-order chi connectivity index (χ0) is 19.8. The molecule has 0 spiro atoms. The van der Waals surface area contributed by atoms with E-state index in [9.17, 15) is 22.8 Å². The first-order valence-corrected chi connectivity index (χ1v) is 9.38. The molecule has 3 aromatic rings. The lowest BCUT2D eigenvalue weighted by Gasteiger charge is -2.12. The number of urea groups is 1. The Morgan fingerprint density at radius 2 is 1.78 bits per heavy atom. The molecule has 0 fully saturated rings. The average Bonchev–Trinajstić information content (AvgIpc) is 2.58. The van der Waals surface area contributed by atoms with E-state index in [4.69, 9.17) is 11.6 Å². The minimum Gasteiger partial charge on any atom is -0.316 e. The number of nitrogens with one attached hydrogen (secondary N) is 3. The van der Waals surface area contributed by atoms with Gasteiger partial charge in [-0.1, -0.05) is 29.3 Å². The minimum atomic E-state index is -4.16. The third-order valence-electron chi connectivity index (χ3n) is 3.62. The first-order valence-electron chi connectivity index (χ1n) is 7.52. The van der Waals surface area contributed by atoms with Gasteiger partial charge in [0.15, 0.2) is 0 Å². The molecule has 0 radical (unpaired) electrons. The maximum absolute atomic E-state index is 12.3. The van der Waals surface area contributed by atoms with E-state index in [-0.39, 0.29) is 15.9 Å². The summed E-state index contributed by atoms with van der Waals surface area (Å²) in [7, 11) is -4.16. The molecule has 3 N–H and O–H groups in total. The third-order valence-corrected chi connectivity index (χ3v) is 5.20. The van der Waals surface area contributed by atoms with Gasteiger partial charge in [-0.3, -0.25) is 9.59 Å². The Labute approximate surface area is 157 Å². The molecule has 0 saturated heterocycles. The number of aryl methyl sites for hydroxylation is 1. The number of rotatable bonds is 3. The number of amides is 2. The molecule has 1 aromatic heterocycles. The van der Waals surface area contributed by atoms with Crippen LogP contribution in [0.2, 0.25) is 5.02 Å². The lowest BCUT2D eigenvalue weighted by Crippen LogP contribution is -2.46. The van der Waals surface area contributed by atoms with Crippen molar-refractivity contribution in [1.82, 2.24) is 14.4 Å². The van der Waals surface area contributed by atoms with Gasteiger partial charge in [0.1, 0.15) is 0 Å². The van der Waals surface area contributed by atoms with Gasteiger partial charge < -0.3 is 4.98 Å². The maximum Gasteiger partial charge on any atom is 0.347 e. The Bertz CT molecular complexity index is 1260. The number of fused-ring (bicyclic) bond motifs is 1. The molecule has 3 rings (SSSR count). The van der Waals surface area contributed by atoms with Crippen molar-refractivity contribution in [2.24, 2.45) is 0 Å². The monoisotopic (exact) mass is 408 g/mol. The van der Waals surface area contributed by atoms with Gasteiger partial charge in [0.2, 0.25) is 0 Å². The summed E-state index contributed by atoms with van der Waals surface area (Å²) in [4.78, 5) is 38.2. The van der Waals surface area contributed by atoms with Crippen molar-refractivity contribution < 1.29 is 13.2 Å². The van der Waals surface area contributed by atoms with Crippen molar-refractivity contribution in [1.29, 1.82) is 0 Å². The van der Waals surface area contributed by atoms with Gasteiger partial charge in [0.05, 0.1) is 15.9 Å². The van der Waals surface area contributed by atoms with Gasteiger partial charge in [0.25, 0.3) is 10.0 Å². The standard InChI is InChI=1S/C16H13ClN4O5S/c1-9-2-5-11(6-3-9)27(25,26)20-16(24)19-21-13-7-4-10(17)8-12(13)18-14(22)15(21)23/h2-8H,1H3,(H,18,22)(H2,19,20,24). The fourth-order valence-corrected chi connectivity index (χ4v) is 3.40. The average molecular weight is 409 g/mol. The SMILES string of the molecule is Cc1ccc(S(=O)(=O)NC(=O)Nn2c(=O)c(=O)[nH]c3cc(Cl)ccc32)cc1. The van der Waals surface area contributed by atoms with Crippen LogP contribution in [-0.4, -0.2) is 24.1 Å². The van der Waals surface area contributed by atoms with Crippen molar-refractivity contribution >= 4 is 38.7 Å². The van der Waals surface area contributed by atoms with Crippen molar-refractivity contribution in [3.8, 4) is 0 Å². The molecule has 1 heterocycles. The van der Waals surface area contributed by atoms with Crippen LogP contribution in [0.15, 0.2) is 56.9 Å². The van der Waals surface area contributed by atoms with Crippen molar-refractivity contribution in [3.63, 3.8) is 0 Å². The summed E-state index contributed by atoms with van der Waals surface area (Å²) in [5.41, 5.74) is 1.13. The summed E-state index contributed by atoms with van der Waals surface area (Å²) in [6.45, 7) is 1.78. The maximum atomic E-state index is 12.3. The number of halogens is 1. The first-order chi connectivity index (χ1) is 12.7. The van der Waals surface area contributed by atoms with Crippen LogP contribution in [0.3, 0.4) is 0 Å². The largest absolute Gasteiger partial charge is 0.347 e. The topological polar surface area (TPSA) is 130 Å². The van der Waals surface area contributed by atoms with E-state index in [0.717, 1.165) is 5.56 Å². The van der Waals surface area contributed by atoms with Crippen LogP contribution in [0, 0.1) is 6.92 Å². The lowest BCUT2D eigenvalue weighted by molar-refractivity contribution is 0.254. The summed E-state index contributed by atoms with van der Waals surface area (Å²) in [5.74, 6) is 0. The second kappa shape index (κ2) is 6.89. The highest BCUT2D eigenvalue weighted by molar-refractivity contribution is 7.90. The molecular formula is C16H13ClN4O5S. The fourth-order valence-electron chi connectivity index (χ4n) is 2.32. The Morgan fingerprint density at radius 1 is 1.11 bits per heavy atom. The number of carbonyl (C=O) groups is 1. The number of carbonyl (C=O) groups excluding carboxylic acids is 1. The number of nitrogens with zero attached hydrogens (tertiary/aromatic N) is 1. The second-order valence-electron chi connectivity index (χ2n) is 5.62. The van der Waals surface area contributed by atoms with Crippen LogP contribution in [0.5, 0.6) is 0 Å². The normalized spacial score (nSPS) is 11.3. The predicted molar refractivity (Wildman–Crippen MR) is 100 cm³/mol. The van der Waals surface area contributed by atoms with Crippen LogP contribution >= 0.6 is 11.6 Å². The molecule has 0 saturated carbocycles. The van der Waals surface area contributed by atoms with Gasteiger partial charge >= 0.3 is 17.1 Å². The van der Waals surface area contributed by atoms with E-state index in [2.05, 4.69) is 10.4 Å². The molecule has 0 bridgehead atoms. The smallest absolute Gasteiger partial charge is 0.316 e. The highest BCUT2D eigenvalue weighted by atomic mass is 35.5. The molecule has 2 aromatic carbocycles. The van der Waals surface area contributed by atoms with E-state index < -0.39 is 27.2 Å². The van der Waals surface area contributed by atoms with Gasteiger partial charge in [-0.2, -0.15) is 0 Å². The molecule has 140 valence electrons.